The number of imide groups is 1. The molecule has 2 aliphatic heterocycles. The number of ether oxygens (including phenoxy) is 1. The summed E-state index contributed by atoms with van der Waals surface area (Å²) >= 11 is 2.44. The van der Waals surface area contributed by atoms with Crippen LogP contribution in [0.2, 0.25) is 0 Å². The molecular weight excluding hydrogens is 388 g/mol. The fourth-order valence-corrected chi connectivity index (χ4v) is 4.75. The highest BCUT2D eigenvalue weighted by atomic mass is 32.2. The summed E-state index contributed by atoms with van der Waals surface area (Å²) in [5, 5.41) is 12.1. The Bertz CT molecular complexity index is 766. The summed E-state index contributed by atoms with van der Waals surface area (Å²) in [6.07, 6.45) is 1.11. The average molecular weight is 409 g/mol. The minimum atomic E-state index is -0.552. The first kappa shape index (κ1) is 19.8. The van der Waals surface area contributed by atoms with Crippen molar-refractivity contribution >= 4 is 46.7 Å². The molecule has 0 spiro atoms. The van der Waals surface area contributed by atoms with E-state index < -0.39 is 12.0 Å². The van der Waals surface area contributed by atoms with E-state index in [9.17, 15) is 19.5 Å². The van der Waals surface area contributed by atoms with E-state index in [4.69, 9.17) is 4.74 Å². The molecule has 2 N–H and O–H groups in total. The summed E-state index contributed by atoms with van der Waals surface area (Å²) in [7, 11) is 1.57. The van der Waals surface area contributed by atoms with Crippen LogP contribution in [0.25, 0.3) is 6.08 Å². The van der Waals surface area contributed by atoms with Gasteiger partial charge in [-0.25, -0.2) is 0 Å². The third kappa shape index (κ3) is 4.85. The first-order chi connectivity index (χ1) is 13.0. The highest BCUT2D eigenvalue weighted by molar-refractivity contribution is 8.18. The molecule has 2 heterocycles. The monoisotopic (exact) mass is 408 g/mol. The molecule has 0 saturated carbocycles. The Morgan fingerprint density at radius 2 is 2.07 bits per heavy atom. The van der Waals surface area contributed by atoms with Crippen LogP contribution in [0.1, 0.15) is 12.0 Å². The number of thioether (sulfide) groups is 2. The van der Waals surface area contributed by atoms with Gasteiger partial charge < -0.3 is 15.2 Å². The molecule has 1 aromatic rings. The number of nitrogens with one attached hydrogen (secondary N) is 1. The lowest BCUT2D eigenvalue weighted by molar-refractivity contribution is -0.124. The molecule has 0 unspecified atom stereocenters. The molecule has 2 aliphatic rings. The standard InChI is InChI=1S/C18H20N2O5S2/c1-25-12-4-2-11(3-5-12)8-15-17(23)20(18(24)27-15)7-6-16(22)19-13-9-26-10-14(13)21/h2-5,8,13-14,21H,6-7,9-10H2,1H3,(H,19,22)/b15-8-/t13-,14+/m1/s1. The van der Waals surface area contributed by atoms with Crippen LogP contribution in [0, 0.1) is 0 Å². The Hall–Kier alpha value is -1.97. The number of hydrogen-bond acceptors (Lipinski definition) is 7. The minimum absolute atomic E-state index is 0.0156. The Balaban J connectivity index is 1.57. The highest BCUT2D eigenvalue weighted by Gasteiger charge is 2.35. The van der Waals surface area contributed by atoms with Gasteiger partial charge in [0, 0.05) is 24.5 Å². The molecular formula is C18H20N2O5S2. The van der Waals surface area contributed by atoms with Gasteiger partial charge in [0.25, 0.3) is 11.1 Å². The second-order valence-electron chi connectivity index (χ2n) is 6.14. The zero-order valence-electron chi connectivity index (χ0n) is 14.7. The maximum absolute atomic E-state index is 12.5. The van der Waals surface area contributed by atoms with E-state index in [1.807, 2.05) is 0 Å². The number of aliphatic hydroxyl groups excluding tert-OH is 1. The number of carbonyl (C=O) groups excluding carboxylic acids is 3. The molecule has 3 amide bonds. The van der Waals surface area contributed by atoms with Crippen molar-refractivity contribution < 1.29 is 24.2 Å². The molecule has 0 aromatic heterocycles. The highest BCUT2D eigenvalue weighted by Crippen LogP contribution is 2.32. The summed E-state index contributed by atoms with van der Waals surface area (Å²) in [5.74, 6) is 1.30. The lowest BCUT2D eigenvalue weighted by atomic mass is 10.2. The largest absolute Gasteiger partial charge is 0.497 e. The molecule has 0 bridgehead atoms. The summed E-state index contributed by atoms with van der Waals surface area (Å²) in [6.45, 7) is 0.0202. The second kappa shape index (κ2) is 8.81. The van der Waals surface area contributed by atoms with Gasteiger partial charge in [0.2, 0.25) is 5.91 Å². The molecule has 7 nitrogen and oxygen atoms in total. The van der Waals surface area contributed by atoms with Gasteiger partial charge in [-0.2, -0.15) is 11.8 Å². The van der Waals surface area contributed by atoms with Crippen LogP contribution in [-0.4, -0.2) is 64.4 Å². The van der Waals surface area contributed by atoms with Crippen LogP contribution >= 0.6 is 23.5 Å². The van der Waals surface area contributed by atoms with Gasteiger partial charge in [-0.05, 0) is 35.5 Å². The maximum atomic E-state index is 12.5. The van der Waals surface area contributed by atoms with Crippen molar-refractivity contribution in [3.63, 3.8) is 0 Å². The van der Waals surface area contributed by atoms with Crippen LogP contribution in [0.4, 0.5) is 4.79 Å². The fraction of sp³-hybridized carbons (Fsp3) is 0.389. The number of nitrogens with zero attached hydrogens (tertiary/aromatic N) is 1. The molecule has 9 heteroatoms. The topological polar surface area (TPSA) is 95.9 Å². The van der Waals surface area contributed by atoms with Gasteiger partial charge in [0.05, 0.1) is 24.2 Å². The lowest BCUT2D eigenvalue weighted by Crippen LogP contribution is -2.43. The van der Waals surface area contributed by atoms with Crippen LogP contribution in [0.5, 0.6) is 5.75 Å². The Morgan fingerprint density at radius 3 is 2.70 bits per heavy atom. The fourth-order valence-electron chi connectivity index (χ4n) is 2.72. The SMILES string of the molecule is COc1ccc(/C=C2\SC(=O)N(CCC(=O)N[C@@H]3CSC[C@@H]3O)C2=O)cc1. The number of amides is 3. The van der Waals surface area contributed by atoms with E-state index >= 15 is 0 Å². The van der Waals surface area contributed by atoms with E-state index in [0.717, 1.165) is 22.2 Å². The number of rotatable bonds is 6. The summed E-state index contributed by atoms with van der Waals surface area (Å²) in [6, 6.07) is 6.87. The van der Waals surface area contributed by atoms with Crippen LogP contribution < -0.4 is 10.1 Å². The molecule has 0 aliphatic carbocycles. The quantitative estimate of drug-likeness (QED) is 0.692. The van der Waals surface area contributed by atoms with Crippen molar-refractivity contribution in [3.05, 3.63) is 34.7 Å². The predicted octanol–water partition coefficient (Wildman–Crippen LogP) is 1.71. The van der Waals surface area contributed by atoms with Gasteiger partial charge >= 0.3 is 0 Å². The van der Waals surface area contributed by atoms with Gasteiger partial charge in [0.1, 0.15) is 5.75 Å². The van der Waals surface area contributed by atoms with Gasteiger partial charge in [-0.3, -0.25) is 19.3 Å². The molecule has 2 saturated heterocycles. The van der Waals surface area contributed by atoms with Crippen molar-refractivity contribution in [2.45, 2.75) is 18.6 Å². The summed E-state index contributed by atoms with van der Waals surface area (Å²) in [5.41, 5.74) is 0.784. The van der Waals surface area contributed by atoms with Crippen molar-refractivity contribution in [3.8, 4) is 5.75 Å². The van der Waals surface area contributed by atoms with Crippen molar-refractivity contribution in [1.82, 2.24) is 10.2 Å². The third-order valence-electron chi connectivity index (χ3n) is 4.25. The molecule has 2 atom stereocenters. The summed E-state index contributed by atoms with van der Waals surface area (Å²) in [4.78, 5) is 38.0. The van der Waals surface area contributed by atoms with E-state index in [2.05, 4.69) is 5.32 Å². The van der Waals surface area contributed by atoms with Crippen molar-refractivity contribution in [1.29, 1.82) is 0 Å². The first-order valence-electron chi connectivity index (χ1n) is 8.42. The van der Waals surface area contributed by atoms with Gasteiger partial charge in [-0.15, -0.1) is 0 Å². The summed E-state index contributed by atoms with van der Waals surface area (Å²) < 4.78 is 5.09. The van der Waals surface area contributed by atoms with E-state index in [-0.39, 0.29) is 30.2 Å². The van der Waals surface area contributed by atoms with Crippen molar-refractivity contribution in [2.24, 2.45) is 0 Å². The van der Waals surface area contributed by atoms with Crippen LogP contribution in [-0.2, 0) is 9.59 Å². The molecule has 144 valence electrons. The van der Waals surface area contributed by atoms with E-state index in [1.165, 1.54) is 0 Å². The zero-order valence-corrected chi connectivity index (χ0v) is 16.3. The van der Waals surface area contributed by atoms with Crippen molar-refractivity contribution in [2.75, 3.05) is 25.2 Å². The van der Waals surface area contributed by atoms with Gasteiger partial charge in [-0.1, -0.05) is 12.1 Å². The normalized spacial score (nSPS) is 23.9. The molecule has 0 radical (unpaired) electrons. The molecule has 27 heavy (non-hydrogen) atoms. The van der Waals surface area contributed by atoms with Crippen LogP contribution in [0.3, 0.4) is 0 Å². The van der Waals surface area contributed by atoms with E-state index in [1.54, 1.807) is 49.2 Å². The van der Waals surface area contributed by atoms with Crippen LogP contribution in [0.15, 0.2) is 29.2 Å². The Kier molecular flexibility index (Phi) is 6.46. The van der Waals surface area contributed by atoms with E-state index in [0.29, 0.717) is 22.2 Å². The lowest BCUT2D eigenvalue weighted by Gasteiger charge is -2.17. The number of hydrogen-bond donors (Lipinski definition) is 2. The second-order valence-corrected chi connectivity index (χ2v) is 8.20. The number of carbonyl (C=O) groups is 3. The Labute approximate surface area is 165 Å². The predicted molar refractivity (Wildman–Crippen MR) is 106 cm³/mol. The minimum Gasteiger partial charge on any atom is -0.497 e. The Morgan fingerprint density at radius 1 is 1.33 bits per heavy atom. The zero-order chi connectivity index (χ0) is 19.4. The maximum Gasteiger partial charge on any atom is 0.293 e. The van der Waals surface area contributed by atoms with Gasteiger partial charge in [0.15, 0.2) is 0 Å². The number of aliphatic hydroxyl groups is 1. The number of methoxy groups -OCH3 is 1. The molecule has 1 aromatic carbocycles. The molecule has 3 rings (SSSR count). The number of benzene rings is 1. The smallest absolute Gasteiger partial charge is 0.293 e. The first-order valence-corrected chi connectivity index (χ1v) is 10.4. The average Bonchev–Trinajstić information content (AvgIpc) is 3.17. The third-order valence-corrected chi connectivity index (χ3v) is 6.33. The molecule has 2 fully saturated rings.